The van der Waals surface area contributed by atoms with Crippen molar-refractivity contribution in [1.82, 2.24) is 0 Å². The maximum atomic E-state index is 12.4. The number of aliphatic hydroxyl groups excluding tert-OH is 1. The Morgan fingerprint density at radius 3 is 2.64 bits per heavy atom. The van der Waals surface area contributed by atoms with E-state index in [0.717, 1.165) is 32.7 Å². The highest BCUT2D eigenvalue weighted by Gasteiger charge is 2.18. The predicted octanol–water partition coefficient (Wildman–Crippen LogP) is 5.14. The number of carbonyl (C=O) groups excluding carboxylic acids is 1. The van der Waals surface area contributed by atoms with Crippen LogP contribution in [0.3, 0.4) is 0 Å². The largest absolute Gasteiger partial charge is 0.513 e. The summed E-state index contributed by atoms with van der Waals surface area (Å²) in [5.74, 6) is 0.844. The van der Waals surface area contributed by atoms with Gasteiger partial charge in [0.15, 0.2) is 5.78 Å². The maximum Gasteiger partial charge on any atom is 0.173 e. The van der Waals surface area contributed by atoms with Crippen LogP contribution in [-0.2, 0) is 6.42 Å². The van der Waals surface area contributed by atoms with Crippen LogP contribution in [-0.4, -0.2) is 18.0 Å². The number of aliphatic hydroxyl groups is 1. The van der Waals surface area contributed by atoms with Crippen molar-refractivity contribution in [3.05, 3.63) is 41.0 Å². The Morgan fingerprint density at radius 2 is 2.09 bits per heavy atom. The van der Waals surface area contributed by atoms with Crippen molar-refractivity contribution in [2.75, 3.05) is 7.11 Å². The van der Waals surface area contributed by atoms with Gasteiger partial charge in [-0.15, -0.1) is 11.3 Å². The predicted molar refractivity (Wildman–Crippen MR) is 92.3 cm³/mol. The Labute approximate surface area is 135 Å². The Bertz CT molecular complexity index is 659. The van der Waals surface area contributed by atoms with Crippen LogP contribution >= 0.6 is 11.3 Å². The maximum absolute atomic E-state index is 12.4. The molecule has 1 heterocycles. The highest BCUT2D eigenvalue weighted by atomic mass is 32.1. The van der Waals surface area contributed by atoms with E-state index in [9.17, 15) is 9.90 Å². The number of hydrogen-bond donors (Lipinski definition) is 1. The average molecular weight is 318 g/mol. The Morgan fingerprint density at radius 1 is 1.36 bits per heavy atom. The molecule has 0 aliphatic rings. The molecule has 4 heteroatoms. The van der Waals surface area contributed by atoms with Crippen LogP contribution < -0.4 is 4.74 Å². The van der Waals surface area contributed by atoms with Gasteiger partial charge in [-0.25, -0.2) is 0 Å². The summed E-state index contributed by atoms with van der Waals surface area (Å²) < 4.78 is 6.45. The molecule has 0 saturated carbocycles. The summed E-state index contributed by atoms with van der Waals surface area (Å²) in [6.45, 7) is 7.58. The van der Waals surface area contributed by atoms with Gasteiger partial charge >= 0.3 is 0 Å². The number of Topliss-reactive ketones (excluding diaryl/α,β-unsaturated/α-hetero) is 1. The lowest BCUT2D eigenvalue weighted by Gasteiger charge is -2.11. The molecule has 0 bridgehead atoms. The molecule has 1 aromatic heterocycles. The summed E-state index contributed by atoms with van der Waals surface area (Å²) in [5, 5.41) is 10.6. The molecule has 0 radical (unpaired) electrons. The van der Waals surface area contributed by atoms with Crippen LogP contribution in [0.4, 0.5) is 0 Å². The molecule has 0 aliphatic heterocycles. The highest BCUT2D eigenvalue weighted by Crippen LogP contribution is 2.33. The Hall–Kier alpha value is -1.81. The van der Waals surface area contributed by atoms with Gasteiger partial charge in [0.2, 0.25) is 0 Å². The van der Waals surface area contributed by atoms with Crippen molar-refractivity contribution >= 4 is 27.2 Å². The normalized spacial score (nSPS) is 12.3. The number of thiophene rings is 1. The van der Waals surface area contributed by atoms with E-state index < -0.39 is 0 Å². The molecule has 0 spiro atoms. The Balaban J connectivity index is 2.32. The molecule has 1 unspecified atom stereocenters. The monoisotopic (exact) mass is 318 g/mol. The van der Waals surface area contributed by atoms with Gasteiger partial charge in [0.25, 0.3) is 0 Å². The summed E-state index contributed by atoms with van der Waals surface area (Å²) >= 11 is 1.48. The molecule has 0 fully saturated rings. The van der Waals surface area contributed by atoms with Crippen molar-refractivity contribution in [1.29, 1.82) is 0 Å². The van der Waals surface area contributed by atoms with Crippen molar-refractivity contribution in [3.8, 4) is 5.75 Å². The zero-order chi connectivity index (χ0) is 16.3. The molecular formula is C18H22O3S. The average Bonchev–Trinajstić information content (AvgIpc) is 2.93. The first kappa shape index (κ1) is 16.6. The number of allylic oxidation sites excluding steroid dienone is 1. The SMILES string of the molecule is C=C(O)C(CC)CC(=O)c1cc2cc(CC)c(OC)cc2s1. The van der Waals surface area contributed by atoms with Gasteiger partial charge in [-0.2, -0.15) is 0 Å². The second-order valence-corrected chi connectivity index (χ2v) is 6.47. The van der Waals surface area contributed by atoms with Crippen molar-refractivity contribution in [2.24, 2.45) is 5.92 Å². The topological polar surface area (TPSA) is 46.5 Å². The van der Waals surface area contributed by atoms with E-state index in [1.165, 1.54) is 11.3 Å². The molecule has 118 valence electrons. The number of methoxy groups -OCH3 is 1. The van der Waals surface area contributed by atoms with Gasteiger partial charge in [-0.1, -0.05) is 20.4 Å². The van der Waals surface area contributed by atoms with Crippen LogP contribution in [0.2, 0.25) is 0 Å². The number of ketones is 1. The number of fused-ring (bicyclic) bond motifs is 1. The molecule has 1 N–H and O–H groups in total. The second-order valence-electron chi connectivity index (χ2n) is 5.39. The molecule has 0 amide bonds. The number of ether oxygens (including phenoxy) is 1. The fourth-order valence-electron chi connectivity index (χ4n) is 2.54. The minimum absolute atomic E-state index is 0.0558. The molecule has 3 nitrogen and oxygen atoms in total. The van der Waals surface area contributed by atoms with Crippen molar-refractivity contribution in [3.63, 3.8) is 0 Å². The first-order valence-electron chi connectivity index (χ1n) is 7.51. The lowest BCUT2D eigenvalue weighted by Crippen LogP contribution is -2.08. The Kier molecular flexibility index (Phi) is 5.24. The number of benzene rings is 1. The van der Waals surface area contributed by atoms with Crippen LogP contribution in [0.15, 0.2) is 30.5 Å². The summed E-state index contributed by atoms with van der Waals surface area (Å²) in [5.41, 5.74) is 1.14. The summed E-state index contributed by atoms with van der Waals surface area (Å²) in [7, 11) is 1.67. The molecule has 2 rings (SSSR count). The van der Waals surface area contributed by atoms with E-state index in [-0.39, 0.29) is 17.5 Å². The fraction of sp³-hybridized carbons (Fsp3) is 0.389. The van der Waals surface area contributed by atoms with Gasteiger partial charge < -0.3 is 9.84 Å². The van der Waals surface area contributed by atoms with E-state index in [0.29, 0.717) is 12.8 Å². The van der Waals surface area contributed by atoms with Crippen LogP contribution in [0.1, 0.15) is 41.9 Å². The van der Waals surface area contributed by atoms with Crippen LogP contribution in [0, 0.1) is 5.92 Å². The van der Waals surface area contributed by atoms with Gasteiger partial charge in [-0.3, -0.25) is 4.79 Å². The van der Waals surface area contributed by atoms with Crippen LogP contribution in [0.25, 0.3) is 10.1 Å². The van der Waals surface area contributed by atoms with E-state index in [2.05, 4.69) is 19.6 Å². The summed E-state index contributed by atoms with van der Waals surface area (Å²) in [4.78, 5) is 13.2. The molecular weight excluding hydrogens is 296 g/mol. The number of aryl methyl sites for hydroxylation is 1. The third kappa shape index (κ3) is 3.33. The first-order valence-corrected chi connectivity index (χ1v) is 8.33. The van der Waals surface area contributed by atoms with Crippen molar-refractivity contribution < 1.29 is 14.6 Å². The zero-order valence-electron chi connectivity index (χ0n) is 13.3. The smallest absolute Gasteiger partial charge is 0.173 e. The van der Waals surface area contributed by atoms with Crippen molar-refractivity contribution in [2.45, 2.75) is 33.1 Å². The summed E-state index contributed by atoms with van der Waals surface area (Å²) in [6.07, 6.45) is 1.90. The summed E-state index contributed by atoms with van der Waals surface area (Å²) in [6, 6.07) is 6.02. The minimum atomic E-state index is -0.168. The molecule has 0 aliphatic carbocycles. The van der Waals surface area contributed by atoms with Gasteiger partial charge in [-0.05, 0) is 42.0 Å². The zero-order valence-corrected chi connectivity index (χ0v) is 14.1. The quantitative estimate of drug-likeness (QED) is 0.568. The number of carbonyl (C=O) groups is 1. The number of hydrogen-bond acceptors (Lipinski definition) is 4. The van der Waals surface area contributed by atoms with E-state index >= 15 is 0 Å². The van der Waals surface area contributed by atoms with Gasteiger partial charge in [0.1, 0.15) is 5.75 Å². The second kappa shape index (κ2) is 6.97. The van der Waals surface area contributed by atoms with Crippen LogP contribution in [0.5, 0.6) is 5.75 Å². The third-order valence-electron chi connectivity index (χ3n) is 3.97. The molecule has 0 saturated heterocycles. The van der Waals surface area contributed by atoms with E-state index in [1.54, 1.807) is 7.11 Å². The van der Waals surface area contributed by atoms with E-state index in [1.807, 2.05) is 19.1 Å². The minimum Gasteiger partial charge on any atom is -0.513 e. The molecule has 1 aromatic carbocycles. The molecule has 22 heavy (non-hydrogen) atoms. The number of rotatable bonds is 7. The lowest BCUT2D eigenvalue weighted by atomic mass is 9.97. The third-order valence-corrected chi connectivity index (χ3v) is 5.11. The first-order chi connectivity index (χ1) is 10.5. The molecule has 2 aromatic rings. The van der Waals surface area contributed by atoms with Gasteiger partial charge in [0.05, 0.1) is 17.7 Å². The molecule has 1 atom stereocenters. The lowest BCUT2D eigenvalue weighted by molar-refractivity contribution is 0.0960. The van der Waals surface area contributed by atoms with E-state index in [4.69, 9.17) is 4.74 Å². The van der Waals surface area contributed by atoms with Gasteiger partial charge in [0, 0.05) is 17.0 Å². The highest BCUT2D eigenvalue weighted by molar-refractivity contribution is 7.20. The standard InChI is InChI=1S/C18H22O3S/c1-5-12(11(3)19)8-15(20)18-9-14-7-13(6-2)16(21-4)10-17(14)22-18/h7,9-10,12,19H,3,5-6,8H2,1-2,4H3. The fourth-order valence-corrected chi connectivity index (χ4v) is 3.56.